The number of unbranched alkanes of at least 4 members (excludes halogenated alkanes) is 3. The lowest BCUT2D eigenvalue weighted by Gasteiger charge is -1.84. The van der Waals surface area contributed by atoms with E-state index in [1.54, 1.807) is 0 Å². The van der Waals surface area contributed by atoms with Crippen molar-refractivity contribution in [1.82, 2.24) is 0 Å². The molecule has 0 rings (SSSR count). The van der Waals surface area contributed by atoms with Crippen LogP contribution in [-0.2, 0) is 0 Å². The van der Waals surface area contributed by atoms with Crippen molar-refractivity contribution in [3.63, 3.8) is 0 Å². The van der Waals surface area contributed by atoms with Crippen LogP contribution in [0.5, 0.6) is 0 Å². The van der Waals surface area contributed by atoms with E-state index < -0.39 is 0 Å². The molecule has 0 bridgehead atoms. The second kappa shape index (κ2) is 5.00. The van der Waals surface area contributed by atoms with E-state index in [1.807, 2.05) is 0 Å². The van der Waals surface area contributed by atoms with Crippen molar-refractivity contribution < 1.29 is 0 Å². The number of hydrogen-bond acceptors (Lipinski definition) is 0. The van der Waals surface area contributed by atoms with Crippen LogP contribution in [0, 0.1) is 20.3 Å². The number of hydrogen-bond donors (Lipinski definition) is 0. The first-order chi connectivity index (χ1) is 2.91. The quantitative estimate of drug-likeness (QED) is 0.456. The van der Waals surface area contributed by atoms with Gasteiger partial charge in [0.1, 0.15) is 0 Å². The maximum absolute atomic E-state index is 3.63. The molecule has 0 aliphatic rings. The van der Waals surface area contributed by atoms with E-state index in [0.717, 1.165) is 19.3 Å². The highest BCUT2D eigenvalue weighted by molar-refractivity contribution is 4.64. The summed E-state index contributed by atoms with van der Waals surface area (Å²) in [6.07, 6.45) is 5.78. The lowest BCUT2D eigenvalue weighted by molar-refractivity contribution is 0.931. The molecule has 6 heavy (non-hydrogen) atoms. The fourth-order valence-electron chi connectivity index (χ4n) is 0.250. The van der Waals surface area contributed by atoms with E-state index in [4.69, 9.17) is 0 Å². The normalized spacial score (nSPS) is 9.00. The zero-order valence-corrected chi connectivity index (χ0v) is 4.04. The largest absolute Gasteiger partial charge is 0.0533 e. The zero-order valence-electron chi connectivity index (χ0n) is 4.04. The van der Waals surface area contributed by atoms with Crippen molar-refractivity contribution in [1.29, 1.82) is 0 Å². The highest BCUT2D eigenvalue weighted by atomic mass is 13.8. The van der Waals surface area contributed by atoms with Crippen LogP contribution in [0.15, 0.2) is 0 Å². The molecule has 0 spiro atoms. The van der Waals surface area contributed by atoms with Crippen LogP contribution in [0.2, 0.25) is 0 Å². The smallest absolute Gasteiger partial charge is 0.0173 e. The predicted molar refractivity (Wildman–Crippen MR) is 27.8 cm³/mol. The van der Waals surface area contributed by atoms with Crippen LogP contribution >= 0.6 is 0 Å². The Balaban J connectivity index is 2.34. The third-order valence-corrected chi connectivity index (χ3v) is 0.530. The van der Waals surface area contributed by atoms with Gasteiger partial charge in [-0.05, 0) is 19.3 Å². The van der Waals surface area contributed by atoms with E-state index in [1.165, 1.54) is 0 Å². The topological polar surface area (TPSA) is 0 Å². The minimum atomic E-state index is 0.815. The molecule has 0 saturated carbocycles. The van der Waals surface area contributed by atoms with Crippen molar-refractivity contribution >= 4 is 0 Å². The van der Waals surface area contributed by atoms with Gasteiger partial charge in [-0.2, -0.15) is 0 Å². The van der Waals surface area contributed by atoms with Crippen LogP contribution in [0.4, 0.5) is 0 Å². The van der Waals surface area contributed by atoms with Crippen LogP contribution in [-0.4, -0.2) is 0 Å². The molecule has 0 aromatic heterocycles. The molecular weight excluding hydrogens is 72.1 g/mol. The fraction of sp³-hybridized carbons (Fsp3) is 0.500. The maximum atomic E-state index is 3.63. The Kier molecular flexibility index (Phi) is 5.00. The van der Waals surface area contributed by atoms with E-state index in [2.05, 4.69) is 20.3 Å². The molecule has 0 saturated heterocycles. The van der Waals surface area contributed by atoms with Crippen molar-refractivity contribution in [2.45, 2.75) is 19.3 Å². The molecule has 0 aliphatic heterocycles. The lowest BCUT2D eigenvalue weighted by Crippen LogP contribution is -1.68. The third kappa shape index (κ3) is 4.00. The van der Waals surface area contributed by atoms with Crippen molar-refractivity contribution in [3.05, 3.63) is 20.3 Å². The molecule has 0 heterocycles. The van der Waals surface area contributed by atoms with E-state index in [-0.39, 0.29) is 0 Å². The van der Waals surface area contributed by atoms with Gasteiger partial charge in [0.25, 0.3) is 0 Å². The predicted octanol–water partition coefficient (Wildman–Crippen LogP) is 1.91. The summed E-state index contributed by atoms with van der Waals surface area (Å²) in [5, 5.41) is 0. The Morgan fingerprint density at radius 1 is 1.33 bits per heavy atom. The molecule has 34 valence electrons. The Morgan fingerprint density at radius 2 is 2.00 bits per heavy atom. The summed E-state index contributed by atoms with van der Waals surface area (Å²) in [5.41, 5.74) is 0. The number of rotatable bonds is 3. The summed E-state index contributed by atoms with van der Waals surface area (Å²) in [5.74, 6) is 0. The fourth-order valence-corrected chi connectivity index (χ4v) is 0.250. The summed E-state index contributed by atoms with van der Waals surface area (Å²) in [7, 11) is 0. The van der Waals surface area contributed by atoms with Gasteiger partial charge in [0, 0.05) is 0 Å². The van der Waals surface area contributed by atoms with Gasteiger partial charge in [0.05, 0.1) is 0 Å². The van der Waals surface area contributed by atoms with Crippen LogP contribution < -0.4 is 0 Å². The van der Waals surface area contributed by atoms with Gasteiger partial charge in [0.15, 0.2) is 0 Å². The highest BCUT2D eigenvalue weighted by Crippen LogP contribution is 1.93. The highest BCUT2D eigenvalue weighted by Gasteiger charge is 1.76. The zero-order chi connectivity index (χ0) is 4.83. The molecule has 0 N–H and O–H groups in total. The Labute approximate surface area is 40.6 Å². The molecule has 0 heteroatoms. The first-order valence-corrected chi connectivity index (χ1v) is 2.21. The Morgan fingerprint density at radius 3 is 2.17 bits per heavy atom. The molecular formula is C6H10. The lowest BCUT2D eigenvalue weighted by atomic mass is 10.2. The summed E-state index contributed by atoms with van der Waals surface area (Å²) in [4.78, 5) is 0. The molecule has 0 nitrogen and oxygen atoms in total. The van der Waals surface area contributed by atoms with E-state index >= 15 is 0 Å². The van der Waals surface area contributed by atoms with Crippen molar-refractivity contribution in [2.75, 3.05) is 0 Å². The monoisotopic (exact) mass is 82.1 g/mol. The average Bonchev–Trinajstić information content (AvgIpc) is 1.61. The van der Waals surface area contributed by atoms with Gasteiger partial charge in [-0.3, -0.25) is 0 Å². The molecule has 4 radical (unpaired) electrons. The van der Waals surface area contributed by atoms with Crippen LogP contribution in [0.3, 0.4) is 0 Å². The molecule has 0 aromatic carbocycles. The van der Waals surface area contributed by atoms with Gasteiger partial charge < -0.3 is 0 Å². The summed E-state index contributed by atoms with van der Waals surface area (Å²) < 4.78 is 0. The van der Waals surface area contributed by atoms with Gasteiger partial charge >= 0.3 is 0 Å². The van der Waals surface area contributed by atoms with Gasteiger partial charge in [-0.1, -0.05) is 20.3 Å². The Bertz CT molecular complexity index is 12.0. The van der Waals surface area contributed by atoms with Crippen molar-refractivity contribution in [2.24, 2.45) is 0 Å². The molecule has 0 unspecified atom stereocenters. The standard InChI is InChI=1S/C6H10/c1-3-5-6-4-2/h1-5H2. The van der Waals surface area contributed by atoms with E-state index in [9.17, 15) is 0 Å². The molecule has 0 aliphatic carbocycles. The SMILES string of the molecule is [CH2]C[C]CC[CH2]. The minimum absolute atomic E-state index is 0.815. The van der Waals surface area contributed by atoms with Crippen LogP contribution in [0.25, 0.3) is 0 Å². The third-order valence-electron chi connectivity index (χ3n) is 0.530. The summed E-state index contributed by atoms with van der Waals surface area (Å²) in [6.45, 7) is 7.22. The van der Waals surface area contributed by atoms with Crippen LogP contribution in [0.1, 0.15) is 19.3 Å². The van der Waals surface area contributed by atoms with Crippen molar-refractivity contribution in [3.8, 4) is 0 Å². The molecule has 0 aromatic rings. The van der Waals surface area contributed by atoms with Gasteiger partial charge in [-0.15, -0.1) is 0 Å². The second-order valence-electron chi connectivity index (χ2n) is 1.10. The van der Waals surface area contributed by atoms with E-state index in [0.29, 0.717) is 0 Å². The van der Waals surface area contributed by atoms with Gasteiger partial charge in [-0.25, -0.2) is 0 Å². The molecule has 0 amide bonds. The Hall–Kier alpha value is 0. The second-order valence-corrected chi connectivity index (χ2v) is 1.10. The first-order valence-electron chi connectivity index (χ1n) is 2.21. The maximum Gasteiger partial charge on any atom is -0.0173 e. The summed E-state index contributed by atoms with van der Waals surface area (Å²) in [6, 6.07) is 0. The first kappa shape index (κ1) is 6.00. The average molecular weight is 82.1 g/mol. The minimum Gasteiger partial charge on any atom is -0.0533 e. The van der Waals surface area contributed by atoms with Gasteiger partial charge in [0.2, 0.25) is 0 Å². The molecule has 0 fully saturated rings. The molecule has 0 atom stereocenters. The summed E-state index contributed by atoms with van der Waals surface area (Å²) >= 11 is 0.